The zero-order chi connectivity index (χ0) is 14.3. The molecule has 0 bridgehead atoms. The van der Waals surface area contributed by atoms with E-state index in [1.807, 2.05) is 26.0 Å². The number of hydrogen-bond acceptors (Lipinski definition) is 2. The summed E-state index contributed by atoms with van der Waals surface area (Å²) in [7, 11) is 0. The molecule has 0 N–H and O–H groups in total. The smallest absolute Gasteiger partial charge is 0.150 e. The summed E-state index contributed by atoms with van der Waals surface area (Å²) in [4.78, 5) is 15.2. The van der Waals surface area contributed by atoms with E-state index in [-0.39, 0.29) is 0 Å². The molecular formula is C16H13FN2O. The van der Waals surface area contributed by atoms with Gasteiger partial charge in [-0.15, -0.1) is 0 Å². The van der Waals surface area contributed by atoms with Crippen LogP contribution in [0.5, 0.6) is 0 Å². The summed E-state index contributed by atoms with van der Waals surface area (Å²) in [5.41, 5.74) is 4.96. The molecule has 4 heteroatoms. The van der Waals surface area contributed by atoms with Crippen molar-refractivity contribution in [3.63, 3.8) is 0 Å². The molecule has 0 aliphatic rings. The van der Waals surface area contributed by atoms with Crippen LogP contribution in [0.15, 0.2) is 36.7 Å². The van der Waals surface area contributed by atoms with Gasteiger partial charge in [0.25, 0.3) is 0 Å². The maximum absolute atomic E-state index is 13.6. The number of hydrogen-bond donors (Lipinski definition) is 0. The predicted molar refractivity (Wildman–Crippen MR) is 75.9 cm³/mol. The van der Waals surface area contributed by atoms with Gasteiger partial charge in [0, 0.05) is 5.56 Å². The van der Waals surface area contributed by atoms with Gasteiger partial charge in [0.2, 0.25) is 0 Å². The summed E-state index contributed by atoms with van der Waals surface area (Å²) in [5.74, 6) is -0.435. The van der Waals surface area contributed by atoms with Crippen LogP contribution in [-0.4, -0.2) is 15.8 Å². The van der Waals surface area contributed by atoms with E-state index in [4.69, 9.17) is 0 Å². The molecule has 3 aromatic rings. The molecule has 0 saturated carbocycles. The fourth-order valence-electron chi connectivity index (χ4n) is 2.27. The zero-order valence-electron chi connectivity index (χ0n) is 11.2. The molecule has 0 atom stereocenters. The number of rotatable bonds is 2. The zero-order valence-corrected chi connectivity index (χ0v) is 11.2. The predicted octanol–water partition coefficient (Wildman–Crippen LogP) is 3.59. The van der Waals surface area contributed by atoms with Crippen molar-refractivity contribution in [2.45, 2.75) is 13.8 Å². The Hall–Kier alpha value is -2.49. The first-order chi connectivity index (χ1) is 9.58. The molecule has 0 amide bonds. The van der Waals surface area contributed by atoms with Gasteiger partial charge in [-0.2, -0.15) is 0 Å². The topological polar surface area (TPSA) is 34.9 Å². The normalized spacial score (nSPS) is 10.9. The first kappa shape index (κ1) is 12.5. The Bertz CT molecular complexity index is 821. The average Bonchev–Trinajstić information content (AvgIpc) is 2.81. The molecule has 0 saturated heterocycles. The van der Waals surface area contributed by atoms with Crippen LogP contribution in [0.2, 0.25) is 0 Å². The number of carbonyl (C=O) groups excluding carboxylic acids is 1. The molecule has 0 aliphatic carbocycles. The first-order valence-electron chi connectivity index (χ1n) is 6.29. The minimum atomic E-state index is -0.435. The van der Waals surface area contributed by atoms with E-state index in [9.17, 15) is 9.18 Å². The number of benzene rings is 2. The fourth-order valence-corrected chi connectivity index (χ4v) is 2.27. The van der Waals surface area contributed by atoms with Crippen molar-refractivity contribution in [1.82, 2.24) is 9.55 Å². The van der Waals surface area contributed by atoms with Gasteiger partial charge >= 0.3 is 0 Å². The molecule has 20 heavy (non-hydrogen) atoms. The summed E-state index contributed by atoms with van der Waals surface area (Å²) < 4.78 is 15.3. The van der Waals surface area contributed by atoms with Crippen LogP contribution >= 0.6 is 0 Å². The minimum Gasteiger partial charge on any atom is -0.299 e. The number of aromatic nitrogens is 2. The number of fused-ring (bicyclic) bond motifs is 1. The summed E-state index contributed by atoms with van der Waals surface area (Å²) >= 11 is 0. The average molecular weight is 268 g/mol. The van der Waals surface area contributed by atoms with E-state index in [2.05, 4.69) is 4.98 Å². The van der Waals surface area contributed by atoms with Gasteiger partial charge in [0.05, 0.1) is 16.7 Å². The Labute approximate surface area is 115 Å². The van der Waals surface area contributed by atoms with E-state index < -0.39 is 5.82 Å². The fraction of sp³-hybridized carbons (Fsp3) is 0.125. The van der Waals surface area contributed by atoms with Gasteiger partial charge in [-0.1, -0.05) is 0 Å². The largest absolute Gasteiger partial charge is 0.299 e. The van der Waals surface area contributed by atoms with Crippen molar-refractivity contribution in [3.05, 3.63) is 59.2 Å². The molecular weight excluding hydrogens is 255 g/mol. The second kappa shape index (κ2) is 4.56. The highest BCUT2D eigenvalue weighted by atomic mass is 19.1. The highest BCUT2D eigenvalue weighted by Gasteiger charge is 2.08. The van der Waals surface area contributed by atoms with Crippen molar-refractivity contribution < 1.29 is 9.18 Å². The van der Waals surface area contributed by atoms with Gasteiger partial charge < -0.3 is 0 Å². The number of imidazole rings is 1. The standard InChI is InChI=1S/C16H13FN2O/c1-10-3-15-16(4-11(10)2)19(9-18-15)14-6-12(8-20)5-13(17)7-14/h3-9H,1-2H3. The molecule has 100 valence electrons. The molecule has 0 radical (unpaired) electrons. The van der Waals surface area contributed by atoms with Gasteiger partial charge in [-0.3, -0.25) is 9.36 Å². The maximum Gasteiger partial charge on any atom is 0.150 e. The van der Waals surface area contributed by atoms with E-state index >= 15 is 0 Å². The molecule has 0 unspecified atom stereocenters. The van der Waals surface area contributed by atoms with Gasteiger partial charge in [-0.25, -0.2) is 9.37 Å². The number of halogens is 1. The Kier molecular flexibility index (Phi) is 2.86. The van der Waals surface area contributed by atoms with Crippen LogP contribution in [0, 0.1) is 19.7 Å². The summed E-state index contributed by atoms with van der Waals surface area (Å²) in [6.07, 6.45) is 2.29. The van der Waals surface area contributed by atoms with Crippen LogP contribution < -0.4 is 0 Å². The maximum atomic E-state index is 13.6. The molecule has 3 nitrogen and oxygen atoms in total. The summed E-state index contributed by atoms with van der Waals surface area (Å²) in [5, 5.41) is 0. The lowest BCUT2D eigenvalue weighted by Crippen LogP contribution is -1.96. The molecule has 2 aromatic carbocycles. The number of aldehydes is 1. The first-order valence-corrected chi connectivity index (χ1v) is 6.29. The second-order valence-corrected chi connectivity index (χ2v) is 4.90. The minimum absolute atomic E-state index is 0.311. The molecule has 0 aliphatic heterocycles. The Morgan fingerprint density at radius 1 is 1.10 bits per heavy atom. The third-order valence-electron chi connectivity index (χ3n) is 3.48. The van der Waals surface area contributed by atoms with Crippen LogP contribution in [0.25, 0.3) is 16.7 Å². The van der Waals surface area contributed by atoms with Crippen LogP contribution in [0.3, 0.4) is 0 Å². The lowest BCUT2D eigenvalue weighted by atomic mass is 10.1. The third-order valence-corrected chi connectivity index (χ3v) is 3.48. The quantitative estimate of drug-likeness (QED) is 0.666. The van der Waals surface area contributed by atoms with E-state index in [1.165, 1.54) is 12.1 Å². The molecule has 3 rings (SSSR count). The third kappa shape index (κ3) is 1.99. The van der Waals surface area contributed by atoms with Crippen molar-refractivity contribution in [2.75, 3.05) is 0 Å². The van der Waals surface area contributed by atoms with Crippen LogP contribution in [0.4, 0.5) is 4.39 Å². The van der Waals surface area contributed by atoms with Gasteiger partial charge in [-0.05, 0) is 55.3 Å². The Morgan fingerprint density at radius 3 is 2.60 bits per heavy atom. The highest BCUT2D eigenvalue weighted by Crippen LogP contribution is 2.22. The van der Waals surface area contributed by atoms with E-state index in [0.717, 1.165) is 22.2 Å². The van der Waals surface area contributed by atoms with Gasteiger partial charge in [0.1, 0.15) is 18.4 Å². The Balaban J connectivity index is 2.27. The lowest BCUT2D eigenvalue weighted by Gasteiger charge is -2.07. The van der Waals surface area contributed by atoms with E-state index in [0.29, 0.717) is 17.5 Å². The lowest BCUT2D eigenvalue weighted by molar-refractivity contribution is 0.112. The van der Waals surface area contributed by atoms with Crippen molar-refractivity contribution in [1.29, 1.82) is 0 Å². The molecule has 0 spiro atoms. The highest BCUT2D eigenvalue weighted by molar-refractivity contribution is 5.80. The van der Waals surface area contributed by atoms with Crippen molar-refractivity contribution in [3.8, 4) is 5.69 Å². The van der Waals surface area contributed by atoms with Crippen LogP contribution in [0.1, 0.15) is 21.5 Å². The number of carbonyl (C=O) groups is 1. The monoisotopic (exact) mass is 268 g/mol. The summed E-state index contributed by atoms with van der Waals surface area (Å²) in [6, 6.07) is 8.27. The van der Waals surface area contributed by atoms with Gasteiger partial charge in [0.15, 0.2) is 0 Å². The van der Waals surface area contributed by atoms with Crippen molar-refractivity contribution in [2.24, 2.45) is 0 Å². The molecule has 1 heterocycles. The van der Waals surface area contributed by atoms with E-state index in [1.54, 1.807) is 17.0 Å². The molecule has 0 fully saturated rings. The SMILES string of the molecule is Cc1cc2ncn(-c3cc(F)cc(C=O)c3)c2cc1C. The van der Waals surface area contributed by atoms with Crippen LogP contribution in [-0.2, 0) is 0 Å². The number of nitrogens with zero attached hydrogens (tertiary/aromatic N) is 2. The second-order valence-electron chi connectivity index (χ2n) is 4.90. The number of aryl methyl sites for hydroxylation is 2. The summed E-state index contributed by atoms with van der Waals surface area (Å²) in [6.45, 7) is 4.05. The molecule has 1 aromatic heterocycles. The van der Waals surface area contributed by atoms with Crippen molar-refractivity contribution >= 4 is 17.3 Å². The Morgan fingerprint density at radius 2 is 1.85 bits per heavy atom.